The van der Waals surface area contributed by atoms with Gasteiger partial charge in [-0.05, 0) is 42.4 Å². The Morgan fingerprint density at radius 1 is 1.32 bits per heavy atom. The van der Waals surface area contributed by atoms with Crippen molar-refractivity contribution in [3.05, 3.63) is 22.4 Å². The standard InChI is InChI=1S/C15H27N3OS.2ClH/c1-5-18(6-2)14(13-7-8-20-10-13)9-17-15(19)11(3)12(4)16;;/h7-8,10-12,14H,5-6,9,16H2,1-4H3,(H,17,19);2*1H. The molecule has 7 heteroatoms. The Labute approximate surface area is 150 Å². The molecule has 3 atom stereocenters. The summed E-state index contributed by atoms with van der Waals surface area (Å²) < 4.78 is 0. The lowest BCUT2D eigenvalue weighted by Crippen LogP contribution is -2.43. The zero-order chi connectivity index (χ0) is 15.1. The van der Waals surface area contributed by atoms with E-state index in [4.69, 9.17) is 5.73 Å². The van der Waals surface area contributed by atoms with E-state index in [9.17, 15) is 4.79 Å². The first-order valence-electron chi connectivity index (χ1n) is 7.30. The van der Waals surface area contributed by atoms with E-state index < -0.39 is 0 Å². The normalized spacial score (nSPS) is 14.5. The summed E-state index contributed by atoms with van der Waals surface area (Å²) in [5.74, 6) is -0.123. The Hall–Kier alpha value is -0.330. The molecule has 1 heterocycles. The molecule has 3 N–H and O–H groups in total. The van der Waals surface area contributed by atoms with Crippen molar-refractivity contribution in [3.63, 3.8) is 0 Å². The first-order chi connectivity index (χ1) is 9.51. The van der Waals surface area contributed by atoms with E-state index in [1.54, 1.807) is 11.3 Å². The zero-order valence-electron chi connectivity index (χ0n) is 13.7. The largest absolute Gasteiger partial charge is 0.354 e. The Kier molecular flexibility index (Phi) is 13.2. The Morgan fingerprint density at radius 2 is 1.91 bits per heavy atom. The van der Waals surface area contributed by atoms with Crippen molar-refractivity contribution in [2.24, 2.45) is 11.7 Å². The average molecular weight is 370 g/mol. The van der Waals surface area contributed by atoms with Gasteiger partial charge < -0.3 is 11.1 Å². The van der Waals surface area contributed by atoms with E-state index in [0.29, 0.717) is 6.54 Å². The predicted octanol–water partition coefficient (Wildman–Crippen LogP) is 3.07. The molecule has 1 amide bonds. The third kappa shape index (κ3) is 6.84. The number of nitrogens with one attached hydrogen (secondary N) is 1. The lowest BCUT2D eigenvalue weighted by Gasteiger charge is -2.30. The van der Waals surface area contributed by atoms with Gasteiger partial charge in [0.1, 0.15) is 0 Å². The molecule has 0 fully saturated rings. The fourth-order valence-electron chi connectivity index (χ4n) is 2.18. The summed E-state index contributed by atoms with van der Waals surface area (Å²) >= 11 is 1.69. The van der Waals surface area contributed by atoms with E-state index >= 15 is 0 Å². The third-order valence-corrected chi connectivity index (χ3v) is 4.55. The number of thiophene rings is 1. The minimum Gasteiger partial charge on any atom is -0.354 e. The summed E-state index contributed by atoms with van der Waals surface area (Å²) in [6.07, 6.45) is 0. The molecular formula is C15H29Cl2N3OS. The smallest absolute Gasteiger partial charge is 0.224 e. The van der Waals surface area contributed by atoms with Gasteiger partial charge in [0, 0.05) is 18.5 Å². The van der Waals surface area contributed by atoms with Crippen LogP contribution in [0.2, 0.25) is 0 Å². The van der Waals surface area contributed by atoms with Crippen molar-refractivity contribution in [2.45, 2.75) is 39.8 Å². The monoisotopic (exact) mass is 369 g/mol. The molecule has 1 aromatic heterocycles. The lowest BCUT2D eigenvalue weighted by atomic mass is 10.0. The van der Waals surface area contributed by atoms with Gasteiger partial charge in [0.25, 0.3) is 0 Å². The molecule has 0 aromatic carbocycles. The number of carbonyl (C=O) groups excluding carboxylic acids is 1. The van der Waals surface area contributed by atoms with Crippen molar-refractivity contribution < 1.29 is 4.79 Å². The van der Waals surface area contributed by atoms with Crippen LogP contribution in [0, 0.1) is 5.92 Å². The minimum atomic E-state index is -0.158. The van der Waals surface area contributed by atoms with Crippen LogP contribution in [0.5, 0.6) is 0 Å². The maximum atomic E-state index is 12.1. The molecule has 22 heavy (non-hydrogen) atoms. The second-order valence-electron chi connectivity index (χ2n) is 5.19. The molecule has 0 aliphatic rings. The quantitative estimate of drug-likeness (QED) is 0.739. The molecule has 0 aliphatic heterocycles. The first kappa shape index (κ1) is 23.9. The summed E-state index contributed by atoms with van der Waals surface area (Å²) in [5, 5.41) is 7.28. The number of nitrogens with two attached hydrogens (primary N) is 1. The van der Waals surface area contributed by atoms with Crippen LogP contribution in [-0.2, 0) is 4.79 Å². The highest BCUT2D eigenvalue weighted by Crippen LogP contribution is 2.22. The summed E-state index contributed by atoms with van der Waals surface area (Å²) in [4.78, 5) is 14.4. The summed E-state index contributed by atoms with van der Waals surface area (Å²) in [7, 11) is 0. The van der Waals surface area contributed by atoms with Crippen LogP contribution >= 0.6 is 36.2 Å². The lowest BCUT2D eigenvalue weighted by molar-refractivity contribution is -0.125. The highest BCUT2D eigenvalue weighted by Gasteiger charge is 2.22. The van der Waals surface area contributed by atoms with Crippen molar-refractivity contribution in [1.29, 1.82) is 0 Å². The van der Waals surface area contributed by atoms with Crippen LogP contribution in [0.25, 0.3) is 0 Å². The summed E-state index contributed by atoms with van der Waals surface area (Å²) in [6, 6.07) is 2.25. The van der Waals surface area contributed by atoms with Crippen LogP contribution in [0.15, 0.2) is 16.8 Å². The number of rotatable bonds is 8. The van der Waals surface area contributed by atoms with Crippen LogP contribution in [-0.4, -0.2) is 36.5 Å². The van der Waals surface area contributed by atoms with E-state index in [0.717, 1.165) is 13.1 Å². The molecule has 1 rings (SSSR count). The average Bonchev–Trinajstić information content (AvgIpc) is 2.95. The molecule has 1 aromatic rings. The van der Waals surface area contributed by atoms with Gasteiger partial charge in [-0.15, -0.1) is 24.8 Å². The van der Waals surface area contributed by atoms with Gasteiger partial charge >= 0.3 is 0 Å². The minimum absolute atomic E-state index is 0. The fourth-order valence-corrected chi connectivity index (χ4v) is 2.89. The van der Waals surface area contributed by atoms with Gasteiger partial charge in [0.15, 0.2) is 0 Å². The molecule has 0 bridgehead atoms. The number of hydrogen-bond acceptors (Lipinski definition) is 4. The maximum Gasteiger partial charge on any atom is 0.224 e. The van der Waals surface area contributed by atoms with Crippen molar-refractivity contribution in [1.82, 2.24) is 10.2 Å². The Morgan fingerprint density at radius 3 is 2.32 bits per heavy atom. The van der Waals surface area contributed by atoms with Gasteiger partial charge in [0.2, 0.25) is 5.91 Å². The van der Waals surface area contributed by atoms with Gasteiger partial charge in [-0.2, -0.15) is 11.3 Å². The number of hydrogen-bond donors (Lipinski definition) is 2. The zero-order valence-corrected chi connectivity index (χ0v) is 16.2. The molecule has 0 saturated carbocycles. The molecular weight excluding hydrogens is 341 g/mol. The topological polar surface area (TPSA) is 58.4 Å². The maximum absolute atomic E-state index is 12.1. The number of carbonyl (C=O) groups is 1. The second-order valence-corrected chi connectivity index (χ2v) is 5.97. The number of likely N-dealkylation sites (N-methyl/N-ethyl adjacent to an activating group) is 1. The van der Waals surface area contributed by atoms with E-state index in [-0.39, 0.29) is 48.7 Å². The third-order valence-electron chi connectivity index (χ3n) is 3.85. The van der Waals surface area contributed by atoms with Gasteiger partial charge in [-0.25, -0.2) is 0 Å². The van der Waals surface area contributed by atoms with Gasteiger partial charge in [-0.3, -0.25) is 9.69 Å². The van der Waals surface area contributed by atoms with Crippen molar-refractivity contribution in [3.8, 4) is 0 Å². The fraction of sp³-hybridized carbons (Fsp3) is 0.667. The SMILES string of the molecule is CCN(CC)C(CNC(=O)C(C)C(C)N)c1ccsc1.Cl.Cl. The molecule has 0 spiro atoms. The molecule has 4 nitrogen and oxygen atoms in total. The highest BCUT2D eigenvalue weighted by molar-refractivity contribution is 7.07. The van der Waals surface area contributed by atoms with Crippen LogP contribution in [0.4, 0.5) is 0 Å². The van der Waals surface area contributed by atoms with Crippen LogP contribution in [0.3, 0.4) is 0 Å². The highest BCUT2D eigenvalue weighted by atomic mass is 35.5. The second kappa shape index (κ2) is 12.1. The van der Waals surface area contributed by atoms with Crippen molar-refractivity contribution in [2.75, 3.05) is 19.6 Å². The van der Waals surface area contributed by atoms with Gasteiger partial charge in [0.05, 0.1) is 6.04 Å². The van der Waals surface area contributed by atoms with Crippen LogP contribution < -0.4 is 11.1 Å². The number of amides is 1. The molecule has 0 aliphatic carbocycles. The summed E-state index contributed by atoms with van der Waals surface area (Å²) in [6.45, 7) is 10.6. The van der Waals surface area contributed by atoms with Crippen molar-refractivity contribution >= 4 is 42.1 Å². The van der Waals surface area contributed by atoms with E-state index in [1.807, 2.05) is 13.8 Å². The first-order valence-corrected chi connectivity index (χ1v) is 8.24. The molecule has 130 valence electrons. The Bertz CT molecular complexity index is 398. The summed E-state index contributed by atoms with van der Waals surface area (Å²) in [5.41, 5.74) is 7.05. The number of halogens is 2. The predicted molar refractivity (Wildman–Crippen MR) is 100 cm³/mol. The van der Waals surface area contributed by atoms with Crippen LogP contribution in [0.1, 0.15) is 39.3 Å². The number of nitrogens with zero attached hydrogens (tertiary/aromatic N) is 1. The van der Waals surface area contributed by atoms with E-state index in [1.165, 1.54) is 5.56 Å². The molecule has 0 radical (unpaired) electrons. The van der Waals surface area contributed by atoms with Gasteiger partial charge in [-0.1, -0.05) is 20.8 Å². The molecule has 0 saturated heterocycles. The molecule has 3 unspecified atom stereocenters. The Balaban J connectivity index is 0. The van der Waals surface area contributed by atoms with E-state index in [2.05, 4.69) is 40.9 Å².